The number of phosphoric acid groups is 1. The second-order valence-corrected chi connectivity index (χ2v) is 9.94. The van der Waals surface area contributed by atoms with Crippen LogP contribution < -0.4 is 16.0 Å². The minimum atomic E-state index is -4.86. The zero-order valence-corrected chi connectivity index (χ0v) is 18.1. The summed E-state index contributed by atoms with van der Waals surface area (Å²) < 4.78 is 15.0. The molecular weight excluding hydrogens is 435 g/mol. The summed E-state index contributed by atoms with van der Waals surface area (Å²) in [6.07, 6.45) is -4.40. The van der Waals surface area contributed by atoms with E-state index in [1.807, 2.05) is 0 Å². The quantitative estimate of drug-likeness (QED) is 0.195. The van der Waals surface area contributed by atoms with Crippen LogP contribution in [0.5, 0.6) is 0 Å². The largest absolute Gasteiger partial charge is 0.469 e. The van der Waals surface area contributed by atoms with E-state index >= 15 is 0 Å². The summed E-state index contributed by atoms with van der Waals surface area (Å²) in [7, 11) is -4.86. The van der Waals surface area contributed by atoms with Gasteiger partial charge in [-0.3, -0.25) is 19.5 Å². The van der Waals surface area contributed by atoms with E-state index in [4.69, 9.17) is 9.79 Å². The first-order valence-corrected chi connectivity index (χ1v) is 11.7. The Balaban J connectivity index is 1.77. The number of hydrogen-bond donors (Lipinski definition) is 7. The molecule has 0 spiro atoms. The highest BCUT2D eigenvalue weighted by Gasteiger charge is 2.52. The SMILES string of the molecule is CC1CC2NC3C(=O)[N]C(=O)NC3N(C[C@H](O)[C@H](O)[C@H](O)COP(=O)(O)O)C2CC1C. The Morgan fingerprint density at radius 2 is 1.81 bits per heavy atom. The minimum absolute atomic E-state index is 0.103. The average molecular weight is 465 g/mol. The van der Waals surface area contributed by atoms with Crippen LogP contribution in [-0.4, -0.2) is 97.7 Å². The van der Waals surface area contributed by atoms with Crippen LogP contribution in [0.25, 0.3) is 0 Å². The molecule has 1 aliphatic carbocycles. The second-order valence-electron chi connectivity index (χ2n) is 8.70. The molecule has 1 radical (unpaired) electrons. The molecule has 0 bridgehead atoms. The number of rotatable bonds is 7. The summed E-state index contributed by atoms with van der Waals surface area (Å²) >= 11 is 0. The van der Waals surface area contributed by atoms with Crippen LogP contribution in [0.4, 0.5) is 4.79 Å². The number of piperazine rings is 1. The van der Waals surface area contributed by atoms with Crippen LogP contribution in [0, 0.1) is 11.8 Å². The van der Waals surface area contributed by atoms with Gasteiger partial charge in [0.15, 0.2) is 0 Å². The van der Waals surface area contributed by atoms with Gasteiger partial charge in [0.25, 0.3) is 5.91 Å². The fourth-order valence-electron chi connectivity index (χ4n) is 4.64. The van der Waals surface area contributed by atoms with Crippen molar-refractivity contribution in [3.63, 3.8) is 0 Å². The van der Waals surface area contributed by atoms with E-state index in [-0.39, 0.29) is 18.6 Å². The van der Waals surface area contributed by atoms with Gasteiger partial charge in [0.05, 0.1) is 12.7 Å². The number of hydrogen-bond acceptors (Lipinski definition) is 9. The van der Waals surface area contributed by atoms with E-state index in [1.54, 1.807) is 4.90 Å². The number of imide groups is 1. The molecule has 2 aliphatic heterocycles. The van der Waals surface area contributed by atoms with E-state index < -0.39 is 56.9 Å². The Labute approximate surface area is 179 Å². The highest BCUT2D eigenvalue weighted by Crippen LogP contribution is 2.37. The highest BCUT2D eigenvalue weighted by molar-refractivity contribution is 7.46. The molecule has 3 fully saturated rings. The van der Waals surface area contributed by atoms with Gasteiger partial charge >= 0.3 is 13.9 Å². The van der Waals surface area contributed by atoms with Crippen molar-refractivity contribution in [3.8, 4) is 0 Å². The molecule has 1 saturated carbocycles. The zero-order chi connectivity index (χ0) is 23.1. The summed E-state index contributed by atoms with van der Waals surface area (Å²) in [6, 6.07) is -1.87. The maximum atomic E-state index is 12.4. The number of carbonyl (C=O) groups is 2. The van der Waals surface area contributed by atoms with E-state index in [2.05, 4.69) is 34.3 Å². The molecule has 13 nitrogen and oxygen atoms in total. The number of phosphoric ester groups is 1. The van der Waals surface area contributed by atoms with Gasteiger partial charge in [0.1, 0.15) is 24.4 Å². The Hall–Kier alpha value is -1.15. The molecule has 9 atom stereocenters. The fraction of sp³-hybridized carbons (Fsp3) is 0.882. The smallest absolute Gasteiger partial charge is 0.389 e. The Kier molecular flexibility index (Phi) is 7.41. The molecule has 0 aromatic heterocycles. The lowest BCUT2D eigenvalue weighted by Gasteiger charge is -2.55. The number of amides is 3. The van der Waals surface area contributed by atoms with Gasteiger partial charge in [-0.2, -0.15) is 5.32 Å². The number of urea groups is 1. The number of aliphatic hydroxyl groups is 3. The summed E-state index contributed by atoms with van der Waals surface area (Å²) in [4.78, 5) is 43.4. The predicted molar refractivity (Wildman–Crippen MR) is 104 cm³/mol. The van der Waals surface area contributed by atoms with Crippen molar-refractivity contribution in [3.05, 3.63) is 0 Å². The Morgan fingerprint density at radius 1 is 1.16 bits per heavy atom. The summed E-state index contributed by atoms with van der Waals surface area (Å²) in [6.45, 7) is 3.13. The Bertz CT molecular complexity index is 736. The van der Waals surface area contributed by atoms with Crippen molar-refractivity contribution in [1.82, 2.24) is 20.9 Å². The number of nitrogens with zero attached hydrogens (tertiary/aromatic N) is 2. The molecule has 2 heterocycles. The normalized spacial score (nSPS) is 37.1. The summed E-state index contributed by atoms with van der Waals surface area (Å²) in [5, 5.41) is 40.1. The van der Waals surface area contributed by atoms with Crippen LogP contribution in [0.3, 0.4) is 0 Å². The average Bonchev–Trinajstić information content (AvgIpc) is 2.67. The molecule has 0 aromatic carbocycles. The van der Waals surface area contributed by atoms with Crippen molar-refractivity contribution < 1.29 is 43.8 Å². The fourth-order valence-corrected chi connectivity index (χ4v) is 4.98. The summed E-state index contributed by atoms with van der Waals surface area (Å²) in [5.74, 6) is 0.110. The molecule has 14 heteroatoms. The van der Waals surface area contributed by atoms with Crippen molar-refractivity contribution in [2.75, 3.05) is 13.2 Å². The molecule has 3 aliphatic rings. The summed E-state index contributed by atoms with van der Waals surface area (Å²) in [5.41, 5.74) is 0. The van der Waals surface area contributed by atoms with Crippen molar-refractivity contribution >= 4 is 19.8 Å². The standard InChI is InChI=1S/C17H30N4O9P/c1-7-3-9-10(4-8(7)2)21(15-13(18-9)16(25)20-17(26)19-15)5-11(22)14(24)12(23)6-30-31(27,28)29/h7-15,18,22-24H,3-6H2,1-2H3,(H,19,26)(H2,27,28,29)/t7?,8?,9?,10?,11-,12+,13?,14-,15?/m0/s1. The first-order chi connectivity index (χ1) is 14.4. The van der Waals surface area contributed by atoms with Crippen molar-refractivity contribution in [1.29, 1.82) is 0 Å². The van der Waals surface area contributed by atoms with Gasteiger partial charge in [0.2, 0.25) is 0 Å². The van der Waals surface area contributed by atoms with Crippen LogP contribution >= 0.6 is 7.82 Å². The van der Waals surface area contributed by atoms with Gasteiger partial charge in [-0.05, 0) is 24.7 Å². The van der Waals surface area contributed by atoms with E-state index in [0.717, 1.165) is 12.8 Å². The maximum Gasteiger partial charge on any atom is 0.469 e. The number of fused-ring (bicyclic) bond motifs is 2. The lowest BCUT2D eigenvalue weighted by molar-refractivity contribution is -0.135. The Morgan fingerprint density at radius 3 is 2.45 bits per heavy atom. The third-order valence-electron chi connectivity index (χ3n) is 6.52. The molecule has 177 valence electrons. The monoisotopic (exact) mass is 465 g/mol. The third-order valence-corrected chi connectivity index (χ3v) is 7.00. The van der Waals surface area contributed by atoms with E-state index in [1.165, 1.54) is 0 Å². The molecule has 3 rings (SSSR count). The molecule has 0 aromatic rings. The molecule has 7 N–H and O–H groups in total. The van der Waals surface area contributed by atoms with Gasteiger partial charge in [-0.1, -0.05) is 13.8 Å². The number of nitrogens with one attached hydrogen (secondary N) is 2. The lowest BCUT2D eigenvalue weighted by atomic mass is 9.73. The lowest BCUT2D eigenvalue weighted by Crippen LogP contribution is -2.78. The van der Waals surface area contributed by atoms with Gasteiger partial charge < -0.3 is 30.4 Å². The van der Waals surface area contributed by atoms with Crippen LogP contribution in [-0.2, 0) is 13.9 Å². The number of β-amino-alcohol motifs (C(OH)–C–C–N with tert-alkyl or cyclic N) is 1. The van der Waals surface area contributed by atoms with Crippen LogP contribution in [0.15, 0.2) is 0 Å². The predicted octanol–water partition coefficient (Wildman–Crippen LogP) is -2.56. The highest BCUT2D eigenvalue weighted by atomic mass is 31.2. The van der Waals surface area contributed by atoms with Gasteiger partial charge in [0, 0.05) is 18.6 Å². The first-order valence-electron chi connectivity index (χ1n) is 10.2. The molecule has 31 heavy (non-hydrogen) atoms. The van der Waals surface area contributed by atoms with Gasteiger partial charge in [-0.15, -0.1) is 0 Å². The zero-order valence-electron chi connectivity index (χ0n) is 17.2. The van der Waals surface area contributed by atoms with E-state index in [9.17, 15) is 29.5 Å². The van der Waals surface area contributed by atoms with Gasteiger partial charge in [-0.25, -0.2) is 9.36 Å². The second kappa shape index (κ2) is 9.38. The molecule has 2 saturated heterocycles. The first kappa shape index (κ1) is 24.5. The molecule has 3 amide bonds. The maximum absolute atomic E-state index is 12.4. The van der Waals surface area contributed by atoms with Crippen molar-refractivity contribution in [2.45, 2.75) is 69.3 Å². The third kappa shape index (κ3) is 5.62. The number of aliphatic hydroxyl groups excluding tert-OH is 3. The molecular formula is C17H30N4O9P. The molecule has 6 unspecified atom stereocenters. The topological polar surface area (TPSA) is 203 Å². The van der Waals surface area contributed by atoms with Crippen LogP contribution in [0.1, 0.15) is 26.7 Å². The van der Waals surface area contributed by atoms with E-state index in [0.29, 0.717) is 11.8 Å². The number of carbonyl (C=O) groups excluding carboxylic acids is 2. The van der Waals surface area contributed by atoms with Crippen LogP contribution in [0.2, 0.25) is 0 Å². The van der Waals surface area contributed by atoms with Crippen molar-refractivity contribution in [2.24, 2.45) is 11.8 Å². The minimum Gasteiger partial charge on any atom is -0.389 e.